The van der Waals surface area contributed by atoms with E-state index in [-0.39, 0.29) is 17.6 Å². The van der Waals surface area contributed by atoms with Crippen LogP contribution in [-0.4, -0.2) is 22.5 Å². The van der Waals surface area contributed by atoms with Crippen LogP contribution in [0, 0.1) is 0 Å². The van der Waals surface area contributed by atoms with Crippen molar-refractivity contribution < 1.29 is 9.53 Å². The quantitative estimate of drug-likeness (QED) is 0.631. The van der Waals surface area contributed by atoms with E-state index < -0.39 is 5.97 Å². The smallest absolute Gasteiger partial charge is 0.357 e. The first-order chi connectivity index (χ1) is 8.11. The van der Waals surface area contributed by atoms with Gasteiger partial charge < -0.3 is 4.74 Å². The summed E-state index contributed by atoms with van der Waals surface area (Å²) in [7, 11) is 0. The molecule has 0 N–H and O–H groups in total. The van der Waals surface area contributed by atoms with Crippen LogP contribution >= 0.6 is 27.5 Å². The summed E-state index contributed by atoms with van der Waals surface area (Å²) in [6, 6.07) is 5.34. The Balaban J connectivity index is 2.67. The minimum Gasteiger partial charge on any atom is -0.461 e. The Morgan fingerprint density at radius 3 is 2.94 bits per heavy atom. The lowest BCUT2D eigenvalue weighted by molar-refractivity contribution is 0.0522. The van der Waals surface area contributed by atoms with Crippen molar-refractivity contribution in [1.82, 2.24) is 9.97 Å². The van der Waals surface area contributed by atoms with Gasteiger partial charge in [-0.25, -0.2) is 14.8 Å². The van der Waals surface area contributed by atoms with Gasteiger partial charge in [-0.3, -0.25) is 0 Å². The Kier molecular flexibility index (Phi) is 3.59. The predicted molar refractivity (Wildman–Crippen MR) is 68.2 cm³/mol. The first kappa shape index (κ1) is 12.3. The minimum atomic E-state index is -0.500. The third kappa shape index (κ3) is 2.56. The van der Waals surface area contributed by atoms with E-state index in [1.54, 1.807) is 19.1 Å². The maximum absolute atomic E-state index is 11.7. The summed E-state index contributed by atoms with van der Waals surface area (Å²) in [6.07, 6.45) is 0. The second kappa shape index (κ2) is 4.98. The molecule has 1 heterocycles. The highest BCUT2D eigenvalue weighted by Gasteiger charge is 2.15. The Labute approximate surface area is 111 Å². The van der Waals surface area contributed by atoms with Crippen LogP contribution < -0.4 is 0 Å². The van der Waals surface area contributed by atoms with Crippen LogP contribution in [0.15, 0.2) is 22.7 Å². The fourth-order valence-electron chi connectivity index (χ4n) is 1.43. The largest absolute Gasteiger partial charge is 0.461 e. The van der Waals surface area contributed by atoms with E-state index >= 15 is 0 Å². The fraction of sp³-hybridized carbons (Fsp3) is 0.182. The number of hydrogen-bond acceptors (Lipinski definition) is 4. The van der Waals surface area contributed by atoms with Crippen molar-refractivity contribution >= 4 is 44.4 Å². The van der Waals surface area contributed by atoms with Crippen molar-refractivity contribution in [1.29, 1.82) is 0 Å². The van der Waals surface area contributed by atoms with E-state index in [0.717, 1.165) is 4.47 Å². The Hall–Kier alpha value is -1.20. The van der Waals surface area contributed by atoms with E-state index in [0.29, 0.717) is 10.9 Å². The molecule has 1 aromatic carbocycles. The molecule has 0 saturated carbocycles. The van der Waals surface area contributed by atoms with Crippen molar-refractivity contribution in [2.24, 2.45) is 0 Å². The monoisotopic (exact) mass is 314 g/mol. The van der Waals surface area contributed by atoms with Crippen molar-refractivity contribution in [3.05, 3.63) is 33.6 Å². The molecule has 0 bridgehead atoms. The minimum absolute atomic E-state index is 0.0304. The van der Waals surface area contributed by atoms with Gasteiger partial charge in [0.25, 0.3) is 0 Å². The van der Waals surface area contributed by atoms with E-state index in [9.17, 15) is 4.79 Å². The van der Waals surface area contributed by atoms with Gasteiger partial charge in [0.15, 0.2) is 5.69 Å². The lowest BCUT2D eigenvalue weighted by atomic mass is 10.2. The zero-order valence-electron chi connectivity index (χ0n) is 8.91. The number of carbonyl (C=O) groups is 1. The summed E-state index contributed by atoms with van der Waals surface area (Å²) in [5.74, 6) is -0.500. The molecule has 0 amide bonds. The number of benzene rings is 1. The molecule has 1 aromatic heterocycles. The van der Waals surface area contributed by atoms with Gasteiger partial charge in [-0.15, -0.1) is 0 Å². The zero-order chi connectivity index (χ0) is 12.4. The van der Waals surface area contributed by atoms with Gasteiger partial charge in [-0.2, -0.15) is 0 Å². The molecule has 0 aliphatic heterocycles. The van der Waals surface area contributed by atoms with Crippen LogP contribution in [0.1, 0.15) is 17.4 Å². The molecule has 0 fully saturated rings. The fourth-order valence-corrected chi connectivity index (χ4v) is 1.96. The standard InChI is InChI=1S/C11H8BrClN2O2/c1-2-17-10(16)9-7-5-6(12)3-4-8(7)14-11(13)15-9/h3-5H,2H2,1H3. The van der Waals surface area contributed by atoms with Crippen molar-refractivity contribution in [2.75, 3.05) is 6.61 Å². The lowest BCUT2D eigenvalue weighted by Gasteiger charge is -2.05. The summed E-state index contributed by atoms with van der Waals surface area (Å²) in [5, 5.41) is 0.644. The number of hydrogen-bond donors (Lipinski definition) is 0. The average molecular weight is 316 g/mol. The zero-order valence-corrected chi connectivity index (χ0v) is 11.2. The number of aromatic nitrogens is 2. The Bertz CT molecular complexity index is 589. The number of esters is 1. The number of rotatable bonds is 2. The summed E-state index contributed by atoms with van der Waals surface area (Å²) < 4.78 is 5.76. The van der Waals surface area contributed by atoms with Gasteiger partial charge in [0.2, 0.25) is 5.28 Å². The highest BCUT2D eigenvalue weighted by atomic mass is 79.9. The van der Waals surface area contributed by atoms with Gasteiger partial charge in [-0.05, 0) is 36.7 Å². The molecule has 0 radical (unpaired) electrons. The summed E-state index contributed by atoms with van der Waals surface area (Å²) in [4.78, 5) is 19.7. The second-order valence-electron chi connectivity index (χ2n) is 3.22. The van der Waals surface area contributed by atoms with Crippen LogP contribution in [0.25, 0.3) is 10.9 Å². The van der Waals surface area contributed by atoms with Crippen LogP contribution in [0.5, 0.6) is 0 Å². The summed E-state index contributed by atoms with van der Waals surface area (Å²) in [5.41, 5.74) is 0.791. The van der Waals surface area contributed by atoms with E-state index in [1.165, 1.54) is 0 Å². The highest BCUT2D eigenvalue weighted by molar-refractivity contribution is 9.10. The SMILES string of the molecule is CCOC(=O)c1nc(Cl)nc2ccc(Br)cc12. The third-order valence-electron chi connectivity index (χ3n) is 2.10. The molecule has 0 unspecified atom stereocenters. The predicted octanol–water partition coefficient (Wildman–Crippen LogP) is 3.22. The van der Waals surface area contributed by atoms with Crippen LogP contribution in [0.2, 0.25) is 5.28 Å². The molecule has 0 spiro atoms. The van der Waals surface area contributed by atoms with Crippen LogP contribution in [0.4, 0.5) is 0 Å². The first-order valence-corrected chi connectivity index (χ1v) is 6.09. The number of carbonyl (C=O) groups excluding carboxylic acids is 1. The first-order valence-electron chi connectivity index (χ1n) is 4.91. The second-order valence-corrected chi connectivity index (χ2v) is 4.48. The maximum Gasteiger partial charge on any atom is 0.357 e. The molecule has 17 heavy (non-hydrogen) atoms. The molecular formula is C11H8BrClN2O2. The molecule has 2 aromatic rings. The summed E-state index contributed by atoms with van der Waals surface area (Å²) >= 11 is 9.10. The number of ether oxygens (including phenoxy) is 1. The molecule has 0 aliphatic carbocycles. The van der Waals surface area contributed by atoms with Crippen LogP contribution in [0.3, 0.4) is 0 Å². The lowest BCUT2D eigenvalue weighted by Crippen LogP contribution is -2.08. The molecule has 0 atom stereocenters. The van der Waals surface area contributed by atoms with E-state index in [2.05, 4.69) is 25.9 Å². The number of nitrogens with zero attached hydrogens (tertiary/aromatic N) is 2. The van der Waals surface area contributed by atoms with Gasteiger partial charge in [0.05, 0.1) is 12.1 Å². The number of halogens is 2. The molecule has 4 nitrogen and oxygen atoms in total. The highest BCUT2D eigenvalue weighted by Crippen LogP contribution is 2.22. The van der Waals surface area contributed by atoms with Crippen LogP contribution in [-0.2, 0) is 4.74 Å². The van der Waals surface area contributed by atoms with Gasteiger partial charge >= 0.3 is 5.97 Å². The third-order valence-corrected chi connectivity index (χ3v) is 2.76. The molecule has 0 aliphatic rings. The van der Waals surface area contributed by atoms with E-state index in [4.69, 9.17) is 16.3 Å². The van der Waals surface area contributed by atoms with Gasteiger partial charge in [0, 0.05) is 9.86 Å². The van der Waals surface area contributed by atoms with Crippen molar-refractivity contribution in [2.45, 2.75) is 6.92 Å². The molecule has 6 heteroatoms. The maximum atomic E-state index is 11.7. The molecule has 2 rings (SSSR count). The number of fused-ring (bicyclic) bond motifs is 1. The molecular weight excluding hydrogens is 307 g/mol. The molecule has 88 valence electrons. The average Bonchev–Trinajstić information content (AvgIpc) is 2.29. The Morgan fingerprint density at radius 1 is 1.47 bits per heavy atom. The summed E-state index contributed by atoms with van der Waals surface area (Å²) in [6.45, 7) is 2.02. The van der Waals surface area contributed by atoms with Crippen molar-refractivity contribution in [3.63, 3.8) is 0 Å². The van der Waals surface area contributed by atoms with Crippen molar-refractivity contribution in [3.8, 4) is 0 Å². The molecule has 0 saturated heterocycles. The topological polar surface area (TPSA) is 52.1 Å². The normalized spacial score (nSPS) is 10.5. The Morgan fingerprint density at radius 2 is 2.24 bits per heavy atom. The van der Waals surface area contributed by atoms with Gasteiger partial charge in [0.1, 0.15) is 0 Å². The van der Waals surface area contributed by atoms with Gasteiger partial charge in [-0.1, -0.05) is 15.9 Å². The van der Waals surface area contributed by atoms with E-state index in [1.807, 2.05) is 6.07 Å².